The lowest BCUT2D eigenvalue weighted by Crippen LogP contribution is -2.48. The minimum Gasteiger partial charge on any atom is -0.504 e. The molecule has 4 aromatic rings. The van der Waals surface area contributed by atoms with Crippen LogP contribution in [0.5, 0.6) is 5.75 Å². The number of hydrogen-bond acceptors (Lipinski definition) is 27. The van der Waals surface area contributed by atoms with E-state index in [1.807, 2.05) is 10.9 Å². The molecule has 0 aromatic heterocycles. The molecule has 37 heteroatoms. The SMILES string of the molecule is Cc1ccc(N=Nc2c(O)c(=NNc3ccc(S(=O)(=O)CCOSOOO)cc3S(=O)(=O)O)c(=O)c(=NNc3ccc(S(=O)(=O)CCOS(=O)(=O)O)cc3S(=O)(=O)O)c2=O)c(S(=O)(=O)O)c1. The van der Waals surface area contributed by atoms with E-state index >= 15 is 0 Å². The van der Waals surface area contributed by atoms with Gasteiger partial charge < -0.3 is 5.11 Å². The van der Waals surface area contributed by atoms with E-state index in [1.165, 1.54) is 13.0 Å². The Balaban J connectivity index is 1.95. The molecule has 0 saturated heterocycles. The van der Waals surface area contributed by atoms with E-state index in [0.29, 0.717) is 30.3 Å². The molecule has 0 spiro atoms. The van der Waals surface area contributed by atoms with Crippen LogP contribution in [0.1, 0.15) is 5.56 Å². The Bertz CT molecular complexity index is 3520. The highest BCUT2D eigenvalue weighted by Gasteiger charge is 2.26. The Morgan fingerprint density at radius 1 is 0.621 bits per heavy atom. The first-order valence-corrected chi connectivity index (χ1v) is 26.3. The van der Waals surface area contributed by atoms with E-state index in [4.69, 9.17) is 9.81 Å². The number of azo groups is 1. The van der Waals surface area contributed by atoms with Gasteiger partial charge in [-0.2, -0.15) is 43.9 Å². The number of aromatic hydroxyl groups is 1. The van der Waals surface area contributed by atoms with E-state index in [9.17, 15) is 78.9 Å². The van der Waals surface area contributed by atoms with E-state index in [0.717, 1.165) is 18.2 Å². The van der Waals surface area contributed by atoms with Gasteiger partial charge in [0.2, 0.25) is 10.9 Å². The number of anilines is 2. The van der Waals surface area contributed by atoms with Crippen molar-refractivity contribution >= 4 is 95.5 Å². The smallest absolute Gasteiger partial charge is 0.397 e. The molecule has 8 N–H and O–H groups in total. The minimum atomic E-state index is -5.46. The lowest BCUT2D eigenvalue weighted by Gasteiger charge is -2.10. The van der Waals surface area contributed by atoms with Gasteiger partial charge in [0.15, 0.2) is 54.1 Å². The summed E-state index contributed by atoms with van der Waals surface area (Å²) in [6.07, 6.45) is 0. The molecule has 0 aliphatic carbocycles. The number of aryl methyl sites for hydroxylation is 1. The predicted octanol–water partition coefficient (Wildman–Crippen LogP) is -0.324. The molecule has 4 aromatic carbocycles. The highest BCUT2D eigenvalue weighted by atomic mass is 32.3. The third kappa shape index (κ3) is 13.9. The van der Waals surface area contributed by atoms with Gasteiger partial charge in [0.05, 0.1) is 45.9 Å². The molecule has 360 valence electrons. The number of benzene rings is 4. The number of rotatable bonds is 21. The first kappa shape index (κ1) is 53.4. The highest BCUT2D eigenvalue weighted by molar-refractivity contribution is 7.92. The lowest BCUT2D eigenvalue weighted by molar-refractivity contribution is -0.434. The van der Waals surface area contributed by atoms with Crippen molar-refractivity contribution in [1.82, 2.24) is 0 Å². The topological polar surface area (TPSA) is 471 Å². The van der Waals surface area contributed by atoms with Gasteiger partial charge in [0, 0.05) is 0 Å². The largest absolute Gasteiger partial charge is 0.504 e. The molecule has 0 bridgehead atoms. The summed E-state index contributed by atoms with van der Waals surface area (Å²) in [6.45, 7) is -0.365. The molecule has 0 amide bonds. The maximum absolute atomic E-state index is 13.8. The lowest BCUT2D eigenvalue weighted by atomic mass is 10.2. The zero-order chi connectivity index (χ0) is 49.6. The fourth-order valence-electron chi connectivity index (χ4n) is 4.90. The normalized spacial score (nSPS) is 13.7. The van der Waals surface area contributed by atoms with E-state index in [2.05, 4.69) is 38.2 Å². The minimum absolute atomic E-state index is 0.0235. The number of phenolic OH excluding ortho intramolecular Hbond substituents is 1. The molecule has 0 saturated carbocycles. The van der Waals surface area contributed by atoms with Gasteiger partial charge in [-0.05, 0) is 61.0 Å². The molecule has 30 nitrogen and oxygen atoms in total. The van der Waals surface area contributed by atoms with Crippen LogP contribution < -0.4 is 32.4 Å². The highest BCUT2D eigenvalue weighted by Crippen LogP contribution is 2.30. The first-order chi connectivity index (χ1) is 30.4. The van der Waals surface area contributed by atoms with E-state index < -0.39 is 160 Å². The van der Waals surface area contributed by atoms with Crippen LogP contribution in [0, 0.1) is 6.92 Å². The van der Waals surface area contributed by atoms with Crippen molar-refractivity contribution in [2.24, 2.45) is 20.4 Å². The summed E-state index contributed by atoms with van der Waals surface area (Å²) < 4.78 is 197. The van der Waals surface area contributed by atoms with Gasteiger partial charge in [-0.3, -0.25) is 42.8 Å². The monoisotopic (exact) mass is 1070 g/mol. The van der Waals surface area contributed by atoms with Crippen LogP contribution >= 0.6 is 12.3 Å². The summed E-state index contributed by atoms with van der Waals surface area (Å²) in [7, 11) is -30.0. The van der Waals surface area contributed by atoms with Crippen molar-refractivity contribution < 1.29 is 96.8 Å². The Hall–Kier alpha value is -5.23. The third-order valence-electron chi connectivity index (χ3n) is 7.84. The molecular weight excluding hydrogens is 1040 g/mol. The molecule has 66 heavy (non-hydrogen) atoms. The number of sulfone groups is 2. The van der Waals surface area contributed by atoms with Crippen molar-refractivity contribution in [3.05, 3.63) is 91.3 Å². The van der Waals surface area contributed by atoms with Gasteiger partial charge >= 0.3 is 10.4 Å². The van der Waals surface area contributed by atoms with Crippen LogP contribution in [-0.4, -0.2) is 104 Å². The van der Waals surface area contributed by atoms with Crippen molar-refractivity contribution in [1.29, 1.82) is 0 Å². The standard InChI is InChI=1S/C29H28N6O24S7/c1-15-2-5-18(21(12-15)63(44,45)46)30-33-24-27(36)25(34-31-19-6-3-16(13-22(19)64(47,48)49)61(40,41)10-8-56-60-59-58-39)29(38)26(28(24)37)35-32-20-7-4-17(14-23(20)65(50,51)52)62(42,43)11-9-57-66(53,54)55/h2-7,12-14,31-32,36,39H,8-11H2,1H3,(H,44,45,46)(H,47,48,49)(H,50,51,52)(H,53,54,55). The number of phenols is 1. The average molecular weight is 1070 g/mol. The molecule has 0 radical (unpaired) electrons. The molecule has 0 heterocycles. The van der Waals surface area contributed by atoms with Crippen LogP contribution in [0.4, 0.5) is 22.7 Å². The number of nitrogens with one attached hydrogen (secondary N) is 2. The maximum Gasteiger partial charge on any atom is 0.397 e. The summed E-state index contributed by atoms with van der Waals surface area (Å²) in [5.41, 5.74) is -2.94. The summed E-state index contributed by atoms with van der Waals surface area (Å²) >= 11 is 0.0235. The van der Waals surface area contributed by atoms with Crippen molar-refractivity contribution in [3.63, 3.8) is 0 Å². The fourth-order valence-corrected chi connectivity index (χ4v) is 10.0. The molecule has 0 fully saturated rings. The van der Waals surface area contributed by atoms with Crippen LogP contribution in [0.15, 0.2) is 109 Å². The number of nitrogens with zero attached hydrogens (tertiary/aromatic N) is 4. The quantitative estimate of drug-likeness (QED) is 0.0132. The van der Waals surface area contributed by atoms with E-state index in [1.54, 1.807) is 0 Å². The second-order valence-electron chi connectivity index (χ2n) is 12.3. The Morgan fingerprint density at radius 2 is 1.12 bits per heavy atom. The van der Waals surface area contributed by atoms with Gasteiger partial charge in [0.25, 0.3) is 30.4 Å². The summed E-state index contributed by atoms with van der Waals surface area (Å²) in [4.78, 5) is 22.4. The zero-order valence-electron chi connectivity index (χ0n) is 32.2. The zero-order valence-corrected chi connectivity index (χ0v) is 37.9. The summed E-state index contributed by atoms with van der Waals surface area (Å²) in [5.74, 6) is -3.52. The molecule has 0 aliphatic rings. The summed E-state index contributed by atoms with van der Waals surface area (Å²) in [6, 6.07) is 6.69. The molecule has 0 atom stereocenters. The second-order valence-corrected chi connectivity index (χ2v) is 22.3. The van der Waals surface area contributed by atoms with E-state index in [-0.39, 0.29) is 17.9 Å². The molecular formula is C29H28N6O24S7. The molecule has 0 aliphatic heterocycles. The van der Waals surface area contributed by atoms with Gasteiger partial charge in [-0.15, -0.1) is 14.6 Å². The summed E-state index contributed by atoms with van der Waals surface area (Å²) in [5, 5.41) is 33.9. The predicted molar refractivity (Wildman–Crippen MR) is 219 cm³/mol. The van der Waals surface area contributed by atoms with Crippen LogP contribution in [0.2, 0.25) is 0 Å². The van der Waals surface area contributed by atoms with Gasteiger partial charge in [-0.25, -0.2) is 26.3 Å². The Labute approximate surface area is 374 Å². The van der Waals surface area contributed by atoms with Crippen molar-refractivity contribution in [3.8, 4) is 5.75 Å². The fraction of sp³-hybridized carbons (Fsp3) is 0.172. The molecule has 4 rings (SSSR count). The van der Waals surface area contributed by atoms with Crippen molar-refractivity contribution in [2.45, 2.75) is 31.4 Å². The van der Waals surface area contributed by atoms with Gasteiger partial charge in [0.1, 0.15) is 20.4 Å². The van der Waals surface area contributed by atoms with Crippen molar-refractivity contribution in [2.75, 3.05) is 35.6 Å². The molecule has 0 unspecified atom stereocenters. The Morgan fingerprint density at radius 3 is 1.61 bits per heavy atom. The number of hydrogen-bond donors (Lipinski definition) is 8. The Kier molecular flexibility index (Phi) is 16.8. The van der Waals surface area contributed by atoms with Crippen LogP contribution in [-0.2, 0) is 78.2 Å². The average Bonchev–Trinajstić information content (AvgIpc) is 3.19. The van der Waals surface area contributed by atoms with Gasteiger partial charge in [-0.1, -0.05) is 11.1 Å². The van der Waals surface area contributed by atoms with Crippen LogP contribution in [0.25, 0.3) is 0 Å². The second kappa shape index (κ2) is 20.7. The first-order valence-electron chi connectivity index (χ1n) is 16.6. The third-order valence-corrected chi connectivity index (χ3v) is 14.7. The maximum atomic E-state index is 13.8. The van der Waals surface area contributed by atoms with Crippen LogP contribution in [0.3, 0.4) is 0 Å².